The fourth-order valence-corrected chi connectivity index (χ4v) is 3.49. The van der Waals surface area contributed by atoms with Crippen LogP contribution in [0, 0.1) is 5.92 Å². The molecule has 1 aromatic carbocycles. The molecule has 0 fully saturated rings. The first-order valence-corrected chi connectivity index (χ1v) is 10.3. The van der Waals surface area contributed by atoms with Gasteiger partial charge in [0.15, 0.2) is 9.84 Å². The molecule has 0 aliphatic heterocycles. The quantitative estimate of drug-likeness (QED) is 0.700. The minimum atomic E-state index is -4.46. The van der Waals surface area contributed by atoms with E-state index < -0.39 is 33.5 Å². The number of alkyl halides is 3. The molecule has 9 heteroatoms. The number of hydrogen-bond acceptors (Lipinski definition) is 5. The number of benzene rings is 1. The Hall–Kier alpha value is -2.94. The molecule has 0 spiro atoms. The highest BCUT2D eigenvalue weighted by molar-refractivity contribution is 7.90. The number of allylic oxidation sites excluding steroid dienone is 2. The number of ether oxygens (including phenoxy) is 1. The molecule has 1 heterocycles. The fourth-order valence-electron chi connectivity index (χ4n) is 2.93. The van der Waals surface area contributed by atoms with Gasteiger partial charge in [0.2, 0.25) is 0 Å². The highest BCUT2D eigenvalue weighted by Gasteiger charge is 2.31. The van der Waals surface area contributed by atoms with Crippen LogP contribution in [0.5, 0.6) is 0 Å². The van der Waals surface area contributed by atoms with E-state index in [1.807, 2.05) is 0 Å². The summed E-state index contributed by atoms with van der Waals surface area (Å²) in [7, 11) is -2.20. The predicted octanol–water partition coefficient (Wildman–Crippen LogP) is 3.77. The van der Waals surface area contributed by atoms with Gasteiger partial charge >= 0.3 is 12.1 Å². The topological polar surface area (TPSA) is 73.3 Å². The number of methoxy groups -OCH3 is 1. The van der Waals surface area contributed by atoms with Gasteiger partial charge in [0, 0.05) is 18.0 Å². The zero-order valence-electron chi connectivity index (χ0n) is 15.4. The smallest absolute Gasteiger partial charge is 0.416 e. The number of carbonyl (C=O) groups excluding carboxylic acids is 1. The van der Waals surface area contributed by atoms with Crippen LogP contribution in [0.1, 0.15) is 16.8 Å². The fraction of sp³-hybridized carbons (Fsp3) is 0.200. The number of sulfone groups is 1. The lowest BCUT2D eigenvalue weighted by molar-refractivity contribution is -0.142. The maximum atomic E-state index is 12.8. The number of aromatic nitrogens is 1. The van der Waals surface area contributed by atoms with Gasteiger partial charge in [0.05, 0.1) is 29.2 Å². The van der Waals surface area contributed by atoms with Crippen molar-refractivity contribution in [2.24, 2.45) is 5.92 Å². The van der Waals surface area contributed by atoms with E-state index in [2.05, 4.69) is 4.98 Å². The lowest BCUT2D eigenvalue weighted by Gasteiger charge is -2.11. The van der Waals surface area contributed by atoms with Gasteiger partial charge in [-0.25, -0.2) is 8.42 Å². The SMILES string of the molecule is COC(=O)C1C=C(c2ccc(C(F)(F)F)cc2)C(c2ccc(S(C)(=O)=O)cn2)=C1. The molecule has 1 aliphatic carbocycles. The molecular formula is C20H16F3NO4S. The Labute approximate surface area is 165 Å². The van der Waals surface area contributed by atoms with Crippen molar-refractivity contribution >= 4 is 27.0 Å². The molecule has 0 radical (unpaired) electrons. The average Bonchev–Trinajstić information content (AvgIpc) is 3.11. The van der Waals surface area contributed by atoms with Gasteiger partial charge in [-0.1, -0.05) is 24.3 Å². The van der Waals surface area contributed by atoms with Crippen molar-refractivity contribution in [2.45, 2.75) is 11.1 Å². The number of halogens is 3. The Bertz CT molecular complexity index is 1100. The Balaban J connectivity index is 2.04. The molecule has 0 bridgehead atoms. The Morgan fingerprint density at radius 3 is 2.14 bits per heavy atom. The molecule has 1 unspecified atom stereocenters. The molecule has 1 aliphatic rings. The maximum Gasteiger partial charge on any atom is 0.416 e. The van der Waals surface area contributed by atoms with Crippen molar-refractivity contribution in [2.75, 3.05) is 13.4 Å². The number of pyridine rings is 1. The van der Waals surface area contributed by atoms with Crippen molar-refractivity contribution < 1.29 is 31.1 Å². The van der Waals surface area contributed by atoms with E-state index in [0.717, 1.165) is 18.4 Å². The molecule has 0 N–H and O–H groups in total. The van der Waals surface area contributed by atoms with Gasteiger partial charge in [-0.05, 0) is 35.4 Å². The third-order valence-corrected chi connectivity index (χ3v) is 5.52. The van der Waals surface area contributed by atoms with Gasteiger partial charge in [0.25, 0.3) is 0 Å². The van der Waals surface area contributed by atoms with Crippen LogP contribution in [0.25, 0.3) is 11.1 Å². The summed E-state index contributed by atoms with van der Waals surface area (Å²) in [6.07, 6.45) is 0.955. The first-order valence-electron chi connectivity index (χ1n) is 8.36. The van der Waals surface area contributed by atoms with Crippen molar-refractivity contribution in [3.8, 4) is 0 Å². The van der Waals surface area contributed by atoms with Gasteiger partial charge < -0.3 is 4.74 Å². The van der Waals surface area contributed by atoms with Crippen LogP contribution >= 0.6 is 0 Å². The Kier molecular flexibility index (Phi) is 5.36. The lowest BCUT2D eigenvalue weighted by atomic mass is 9.97. The number of hydrogen-bond donors (Lipinski definition) is 0. The second-order valence-electron chi connectivity index (χ2n) is 6.44. The highest BCUT2D eigenvalue weighted by Crippen LogP contribution is 2.39. The van der Waals surface area contributed by atoms with Gasteiger partial charge in [-0.15, -0.1) is 0 Å². The first-order chi connectivity index (χ1) is 13.5. The van der Waals surface area contributed by atoms with Crippen molar-refractivity contribution in [1.29, 1.82) is 0 Å². The van der Waals surface area contributed by atoms with Crippen LogP contribution < -0.4 is 0 Å². The van der Waals surface area contributed by atoms with Crippen molar-refractivity contribution in [3.05, 3.63) is 71.6 Å². The second kappa shape index (κ2) is 7.47. The summed E-state index contributed by atoms with van der Waals surface area (Å²) in [6.45, 7) is 0. The maximum absolute atomic E-state index is 12.8. The van der Waals surface area contributed by atoms with Crippen LogP contribution in [-0.2, 0) is 25.5 Å². The Morgan fingerprint density at radius 1 is 1.03 bits per heavy atom. The van der Waals surface area contributed by atoms with Crippen LogP contribution in [-0.4, -0.2) is 32.7 Å². The van der Waals surface area contributed by atoms with E-state index in [-0.39, 0.29) is 4.90 Å². The van der Waals surface area contributed by atoms with E-state index in [4.69, 9.17) is 4.74 Å². The van der Waals surface area contributed by atoms with Crippen LogP contribution in [0.4, 0.5) is 13.2 Å². The summed E-state index contributed by atoms with van der Waals surface area (Å²) in [5, 5.41) is 0. The molecule has 5 nitrogen and oxygen atoms in total. The molecule has 0 saturated heterocycles. The monoisotopic (exact) mass is 423 g/mol. The molecule has 1 aromatic heterocycles. The van der Waals surface area contributed by atoms with Crippen molar-refractivity contribution in [1.82, 2.24) is 4.98 Å². The average molecular weight is 423 g/mol. The number of carbonyl (C=O) groups is 1. The molecular weight excluding hydrogens is 407 g/mol. The normalized spacial score (nSPS) is 16.9. The summed E-state index contributed by atoms with van der Waals surface area (Å²) in [5.74, 6) is -1.26. The third-order valence-electron chi connectivity index (χ3n) is 4.42. The molecule has 152 valence electrons. The van der Waals surface area contributed by atoms with E-state index in [9.17, 15) is 26.4 Å². The molecule has 1 atom stereocenters. The summed E-state index contributed by atoms with van der Waals surface area (Å²) in [5.41, 5.74) is 1.07. The molecule has 29 heavy (non-hydrogen) atoms. The summed E-state index contributed by atoms with van der Waals surface area (Å²) >= 11 is 0. The molecule has 0 amide bonds. The second-order valence-corrected chi connectivity index (χ2v) is 8.45. The number of rotatable bonds is 4. The highest BCUT2D eigenvalue weighted by atomic mass is 32.2. The van der Waals surface area contributed by atoms with Gasteiger partial charge in [-0.3, -0.25) is 9.78 Å². The zero-order chi connectivity index (χ0) is 21.4. The summed E-state index contributed by atoms with van der Waals surface area (Å²) < 4.78 is 66.5. The van der Waals surface area contributed by atoms with Crippen LogP contribution in [0.2, 0.25) is 0 Å². The lowest BCUT2D eigenvalue weighted by Crippen LogP contribution is -2.09. The summed E-state index contributed by atoms with van der Waals surface area (Å²) in [6, 6.07) is 7.41. The standard InChI is InChI=1S/C20H16F3NO4S/c1-28-19(25)13-9-16(12-3-5-14(6-4-12)20(21,22)23)17(10-13)18-8-7-15(11-24-18)29(2,26)27/h3-11,13H,1-2H3. The van der Waals surface area contributed by atoms with E-state index >= 15 is 0 Å². The Morgan fingerprint density at radius 2 is 1.66 bits per heavy atom. The van der Waals surface area contributed by atoms with E-state index in [1.54, 1.807) is 12.2 Å². The minimum absolute atomic E-state index is 0.0319. The van der Waals surface area contributed by atoms with E-state index in [1.165, 1.54) is 37.6 Å². The van der Waals surface area contributed by atoms with Crippen LogP contribution in [0.15, 0.2) is 59.6 Å². The zero-order valence-corrected chi connectivity index (χ0v) is 16.2. The van der Waals surface area contributed by atoms with Crippen molar-refractivity contribution in [3.63, 3.8) is 0 Å². The third kappa shape index (κ3) is 4.40. The predicted molar refractivity (Wildman–Crippen MR) is 100 cm³/mol. The number of nitrogens with zero attached hydrogens (tertiary/aromatic N) is 1. The van der Waals surface area contributed by atoms with Gasteiger partial charge in [-0.2, -0.15) is 13.2 Å². The largest absolute Gasteiger partial charge is 0.468 e. The van der Waals surface area contributed by atoms with Gasteiger partial charge in [0.1, 0.15) is 0 Å². The first kappa shape index (κ1) is 20.8. The van der Waals surface area contributed by atoms with Crippen LogP contribution in [0.3, 0.4) is 0 Å². The summed E-state index contributed by atoms with van der Waals surface area (Å²) in [4.78, 5) is 16.2. The number of esters is 1. The molecule has 0 saturated carbocycles. The van der Waals surface area contributed by atoms with E-state index in [0.29, 0.717) is 22.4 Å². The minimum Gasteiger partial charge on any atom is -0.468 e. The molecule has 3 rings (SSSR count). The molecule has 2 aromatic rings.